The van der Waals surface area contributed by atoms with E-state index < -0.39 is 0 Å². The Balaban J connectivity index is 1.54. The van der Waals surface area contributed by atoms with Gasteiger partial charge in [0.1, 0.15) is 5.75 Å². The minimum absolute atomic E-state index is 0.508. The number of para-hydroxylation sites is 1. The summed E-state index contributed by atoms with van der Waals surface area (Å²) in [6.45, 7) is 3.47. The highest BCUT2D eigenvalue weighted by molar-refractivity contribution is 5.39. The minimum atomic E-state index is 0.508. The predicted molar refractivity (Wildman–Crippen MR) is 104 cm³/mol. The Morgan fingerprint density at radius 3 is 2.77 bits per heavy atom. The van der Waals surface area contributed by atoms with Gasteiger partial charge in [0.2, 0.25) is 5.95 Å². The van der Waals surface area contributed by atoms with E-state index in [4.69, 9.17) is 4.74 Å². The molecule has 0 radical (unpaired) electrons. The molecule has 6 nitrogen and oxygen atoms in total. The molecule has 0 aliphatic carbocycles. The van der Waals surface area contributed by atoms with E-state index in [0.717, 1.165) is 24.3 Å². The number of aryl methyl sites for hydroxylation is 1. The van der Waals surface area contributed by atoms with Gasteiger partial charge in [0, 0.05) is 13.1 Å². The Morgan fingerprint density at radius 1 is 1.04 bits per heavy atom. The van der Waals surface area contributed by atoms with Crippen molar-refractivity contribution in [1.82, 2.24) is 15.2 Å². The number of aromatic nitrogens is 3. The topological polar surface area (TPSA) is 72.0 Å². The van der Waals surface area contributed by atoms with Crippen LogP contribution in [0.5, 0.6) is 5.75 Å². The number of benzene rings is 2. The Hall–Kier alpha value is -3.15. The number of nitrogens with zero attached hydrogens (tertiary/aromatic N) is 3. The lowest BCUT2D eigenvalue weighted by Crippen LogP contribution is -2.10. The third-order valence-electron chi connectivity index (χ3n) is 3.98. The van der Waals surface area contributed by atoms with Gasteiger partial charge in [-0.05, 0) is 30.5 Å². The van der Waals surface area contributed by atoms with Gasteiger partial charge in [0.15, 0.2) is 5.82 Å². The van der Waals surface area contributed by atoms with Crippen LogP contribution in [0.2, 0.25) is 0 Å². The largest absolute Gasteiger partial charge is 0.496 e. The van der Waals surface area contributed by atoms with Crippen LogP contribution in [0.4, 0.5) is 11.8 Å². The third kappa shape index (κ3) is 4.92. The summed E-state index contributed by atoms with van der Waals surface area (Å²) in [5.74, 6) is 2.10. The van der Waals surface area contributed by atoms with Gasteiger partial charge in [0.05, 0.1) is 13.3 Å². The van der Waals surface area contributed by atoms with Crippen LogP contribution in [0.1, 0.15) is 16.7 Å². The summed E-state index contributed by atoms with van der Waals surface area (Å²) in [6.07, 6.45) is 2.46. The van der Waals surface area contributed by atoms with Crippen molar-refractivity contribution in [2.24, 2.45) is 0 Å². The quantitative estimate of drug-likeness (QED) is 0.649. The normalized spacial score (nSPS) is 10.4. The molecule has 0 aliphatic rings. The number of hydrogen-bond acceptors (Lipinski definition) is 6. The van der Waals surface area contributed by atoms with Crippen molar-refractivity contribution in [2.45, 2.75) is 19.9 Å². The molecule has 3 aromatic rings. The highest BCUT2D eigenvalue weighted by atomic mass is 16.5. The lowest BCUT2D eigenvalue weighted by Gasteiger charge is -2.10. The SMILES string of the molecule is COc1ccccc1CCNc1cnnc(NCc2cccc(C)c2)n1. The first-order chi connectivity index (χ1) is 12.7. The molecule has 0 aliphatic heterocycles. The van der Waals surface area contributed by atoms with Crippen LogP contribution in [0.25, 0.3) is 0 Å². The summed E-state index contributed by atoms with van der Waals surface area (Å²) in [6, 6.07) is 16.3. The maximum atomic E-state index is 5.37. The van der Waals surface area contributed by atoms with Gasteiger partial charge in [-0.3, -0.25) is 0 Å². The van der Waals surface area contributed by atoms with Gasteiger partial charge in [-0.25, -0.2) is 0 Å². The lowest BCUT2D eigenvalue weighted by atomic mass is 10.1. The van der Waals surface area contributed by atoms with E-state index in [0.29, 0.717) is 18.3 Å². The lowest BCUT2D eigenvalue weighted by molar-refractivity contribution is 0.410. The second-order valence-electron chi connectivity index (χ2n) is 6.00. The van der Waals surface area contributed by atoms with Crippen molar-refractivity contribution in [3.05, 3.63) is 71.4 Å². The average molecular weight is 349 g/mol. The van der Waals surface area contributed by atoms with Crippen LogP contribution in [-0.2, 0) is 13.0 Å². The van der Waals surface area contributed by atoms with Gasteiger partial charge in [-0.1, -0.05) is 48.0 Å². The maximum Gasteiger partial charge on any atom is 0.244 e. The molecule has 1 aromatic heterocycles. The van der Waals surface area contributed by atoms with E-state index in [1.807, 2.05) is 24.3 Å². The van der Waals surface area contributed by atoms with E-state index >= 15 is 0 Å². The zero-order valence-electron chi connectivity index (χ0n) is 15.1. The van der Waals surface area contributed by atoms with Crippen molar-refractivity contribution in [1.29, 1.82) is 0 Å². The number of hydrogen-bond donors (Lipinski definition) is 2. The number of rotatable bonds is 8. The van der Waals surface area contributed by atoms with Crippen molar-refractivity contribution in [2.75, 3.05) is 24.3 Å². The first-order valence-electron chi connectivity index (χ1n) is 8.59. The van der Waals surface area contributed by atoms with Crippen LogP contribution in [0, 0.1) is 6.92 Å². The molecule has 0 bridgehead atoms. The van der Waals surface area contributed by atoms with Gasteiger partial charge in [0.25, 0.3) is 0 Å². The van der Waals surface area contributed by atoms with Crippen molar-refractivity contribution >= 4 is 11.8 Å². The molecule has 0 fully saturated rings. The Kier molecular flexibility index (Phi) is 5.98. The van der Waals surface area contributed by atoms with Crippen LogP contribution < -0.4 is 15.4 Å². The van der Waals surface area contributed by atoms with Crippen molar-refractivity contribution < 1.29 is 4.74 Å². The molecule has 0 saturated heterocycles. The summed E-state index contributed by atoms with van der Waals surface area (Å²) in [7, 11) is 1.69. The Labute approximate surface area is 153 Å². The molecule has 2 aromatic carbocycles. The van der Waals surface area contributed by atoms with E-state index in [-0.39, 0.29) is 0 Å². The third-order valence-corrected chi connectivity index (χ3v) is 3.98. The summed E-state index contributed by atoms with van der Waals surface area (Å²) in [5, 5.41) is 14.5. The minimum Gasteiger partial charge on any atom is -0.496 e. The van der Waals surface area contributed by atoms with Crippen molar-refractivity contribution in [3.8, 4) is 5.75 Å². The van der Waals surface area contributed by atoms with Crippen molar-refractivity contribution in [3.63, 3.8) is 0 Å². The van der Waals surface area contributed by atoms with E-state index in [9.17, 15) is 0 Å². The molecular formula is C20H23N5O. The van der Waals surface area contributed by atoms with Gasteiger partial charge >= 0.3 is 0 Å². The molecule has 0 spiro atoms. The molecule has 6 heteroatoms. The molecule has 0 atom stereocenters. The number of ether oxygens (including phenoxy) is 1. The Bertz CT molecular complexity index is 853. The second kappa shape index (κ2) is 8.80. The molecule has 2 N–H and O–H groups in total. The first kappa shape index (κ1) is 17.7. The molecule has 134 valence electrons. The molecule has 0 saturated carbocycles. The van der Waals surface area contributed by atoms with Crippen LogP contribution in [-0.4, -0.2) is 28.8 Å². The average Bonchev–Trinajstić information content (AvgIpc) is 2.67. The fourth-order valence-corrected chi connectivity index (χ4v) is 2.70. The van der Waals surface area contributed by atoms with Gasteiger partial charge in [-0.15, -0.1) is 5.10 Å². The molecule has 1 heterocycles. The fraction of sp³-hybridized carbons (Fsp3) is 0.250. The standard InChI is InChI=1S/C20H23N5O/c1-15-6-5-7-16(12-15)13-22-20-24-19(14-23-25-20)21-11-10-17-8-3-4-9-18(17)26-2/h3-9,12,14H,10-11,13H2,1-2H3,(H2,21,22,24,25). The Morgan fingerprint density at radius 2 is 1.92 bits per heavy atom. The van der Waals surface area contributed by atoms with Crippen LogP contribution >= 0.6 is 0 Å². The first-order valence-corrected chi connectivity index (χ1v) is 8.59. The zero-order chi connectivity index (χ0) is 18.2. The van der Waals surface area contributed by atoms with Crippen LogP contribution in [0.3, 0.4) is 0 Å². The zero-order valence-corrected chi connectivity index (χ0v) is 15.1. The summed E-state index contributed by atoms with van der Waals surface area (Å²) < 4.78 is 5.37. The summed E-state index contributed by atoms with van der Waals surface area (Å²) in [5.41, 5.74) is 3.57. The molecule has 3 rings (SSSR count). The van der Waals surface area contributed by atoms with E-state index in [1.165, 1.54) is 11.1 Å². The number of nitrogens with one attached hydrogen (secondary N) is 2. The fourth-order valence-electron chi connectivity index (χ4n) is 2.70. The molecule has 0 unspecified atom stereocenters. The molecule has 0 amide bonds. The monoisotopic (exact) mass is 349 g/mol. The molecular weight excluding hydrogens is 326 g/mol. The predicted octanol–water partition coefficient (Wildman–Crippen LogP) is 3.46. The van der Waals surface area contributed by atoms with Gasteiger partial charge in [-0.2, -0.15) is 10.1 Å². The maximum absolute atomic E-state index is 5.37. The van der Waals surface area contributed by atoms with E-state index in [1.54, 1.807) is 13.3 Å². The number of anilines is 2. The smallest absolute Gasteiger partial charge is 0.244 e. The van der Waals surface area contributed by atoms with Gasteiger partial charge < -0.3 is 15.4 Å². The molecule has 26 heavy (non-hydrogen) atoms. The van der Waals surface area contributed by atoms with E-state index in [2.05, 4.69) is 57.0 Å². The summed E-state index contributed by atoms with van der Waals surface area (Å²) >= 11 is 0. The number of methoxy groups -OCH3 is 1. The summed E-state index contributed by atoms with van der Waals surface area (Å²) in [4.78, 5) is 4.46. The second-order valence-corrected chi connectivity index (χ2v) is 6.00. The highest BCUT2D eigenvalue weighted by Gasteiger charge is 2.03. The van der Waals surface area contributed by atoms with Crippen LogP contribution in [0.15, 0.2) is 54.7 Å². The highest BCUT2D eigenvalue weighted by Crippen LogP contribution is 2.17.